The number of rotatable bonds is 8. The Morgan fingerprint density at radius 2 is 1.96 bits per heavy atom. The summed E-state index contributed by atoms with van der Waals surface area (Å²) in [5.41, 5.74) is 1.10. The first kappa shape index (κ1) is 20.2. The molecule has 0 spiro atoms. The third-order valence-electron chi connectivity index (χ3n) is 4.39. The number of nitrogens with zero attached hydrogens (tertiary/aromatic N) is 3. The van der Waals surface area contributed by atoms with Crippen molar-refractivity contribution in [3.05, 3.63) is 53.7 Å². The molecule has 7 heteroatoms. The van der Waals surface area contributed by atoms with E-state index in [0.29, 0.717) is 29.8 Å². The fourth-order valence-corrected chi connectivity index (χ4v) is 3.56. The Labute approximate surface area is 169 Å². The van der Waals surface area contributed by atoms with Crippen LogP contribution in [0.4, 0.5) is 0 Å². The number of benzene rings is 2. The molecule has 0 atom stereocenters. The quantitative estimate of drug-likeness (QED) is 0.564. The fourth-order valence-electron chi connectivity index (χ4n) is 2.76. The Morgan fingerprint density at radius 3 is 2.68 bits per heavy atom. The third kappa shape index (κ3) is 5.04. The molecule has 148 valence electrons. The highest BCUT2D eigenvalue weighted by molar-refractivity contribution is 7.99. The topological polar surface area (TPSA) is 68.5 Å². The largest absolute Gasteiger partial charge is 0.497 e. The van der Waals surface area contributed by atoms with Crippen LogP contribution in [0.15, 0.2) is 40.9 Å². The van der Waals surface area contributed by atoms with Crippen molar-refractivity contribution in [3.8, 4) is 5.75 Å². The number of carbonyl (C=O) groups is 1. The molecule has 3 rings (SSSR count). The summed E-state index contributed by atoms with van der Waals surface area (Å²) < 4.78 is 10.4. The first-order chi connectivity index (χ1) is 13.5. The summed E-state index contributed by atoms with van der Waals surface area (Å²) in [5.74, 6) is 3.34. The summed E-state index contributed by atoms with van der Waals surface area (Å²) in [7, 11) is 3.49. The molecular formula is C21H25N3O3S. The van der Waals surface area contributed by atoms with Crippen molar-refractivity contribution < 1.29 is 14.1 Å². The van der Waals surface area contributed by atoms with Crippen LogP contribution in [0.3, 0.4) is 0 Å². The van der Waals surface area contributed by atoms with Gasteiger partial charge in [0.1, 0.15) is 5.75 Å². The number of carbonyl (C=O) groups excluding carboxylic acids is 1. The predicted molar refractivity (Wildman–Crippen MR) is 112 cm³/mol. The van der Waals surface area contributed by atoms with Crippen LogP contribution in [-0.4, -0.2) is 40.9 Å². The zero-order valence-electron chi connectivity index (χ0n) is 16.6. The normalized spacial score (nSPS) is 11.2. The van der Waals surface area contributed by atoms with Gasteiger partial charge in [-0.25, -0.2) is 0 Å². The van der Waals surface area contributed by atoms with Gasteiger partial charge in [0.15, 0.2) is 5.82 Å². The van der Waals surface area contributed by atoms with Crippen molar-refractivity contribution in [1.82, 2.24) is 15.0 Å². The maximum atomic E-state index is 12.4. The number of methoxy groups -OCH3 is 1. The van der Waals surface area contributed by atoms with E-state index in [1.807, 2.05) is 45.2 Å². The number of aromatic nitrogens is 2. The molecule has 0 radical (unpaired) electrons. The molecule has 0 saturated heterocycles. The minimum atomic E-state index is 0.0763. The Hall–Kier alpha value is -2.54. The number of hydrogen-bond acceptors (Lipinski definition) is 6. The molecule has 0 aliphatic carbocycles. The Morgan fingerprint density at radius 1 is 1.21 bits per heavy atom. The molecule has 0 aliphatic heterocycles. The molecule has 1 aromatic heterocycles. The van der Waals surface area contributed by atoms with Crippen molar-refractivity contribution in [3.63, 3.8) is 0 Å². The van der Waals surface area contributed by atoms with Gasteiger partial charge in [-0.1, -0.05) is 37.2 Å². The van der Waals surface area contributed by atoms with Crippen LogP contribution in [0.2, 0.25) is 0 Å². The summed E-state index contributed by atoms with van der Waals surface area (Å²) >= 11 is 1.49. The summed E-state index contributed by atoms with van der Waals surface area (Å²) in [5, 5.41) is 6.20. The van der Waals surface area contributed by atoms with Gasteiger partial charge in [-0.05, 0) is 34.5 Å². The van der Waals surface area contributed by atoms with E-state index in [0.717, 1.165) is 22.1 Å². The lowest BCUT2D eigenvalue weighted by Gasteiger charge is -2.17. The van der Waals surface area contributed by atoms with Crippen LogP contribution in [0.1, 0.15) is 37.0 Å². The van der Waals surface area contributed by atoms with Crippen molar-refractivity contribution >= 4 is 28.4 Å². The van der Waals surface area contributed by atoms with Gasteiger partial charge < -0.3 is 14.2 Å². The van der Waals surface area contributed by atoms with Crippen LogP contribution < -0.4 is 4.74 Å². The average Bonchev–Trinajstić information content (AvgIpc) is 3.16. The van der Waals surface area contributed by atoms with E-state index in [4.69, 9.17) is 9.26 Å². The van der Waals surface area contributed by atoms with Gasteiger partial charge in [0.25, 0.3) is 0 Å². The van der Waals surface area contributed by atoms with Gasteiger partial charge in [-0.2, -0.15) is 4.98 Å². The molecule has 0 bridgehead atoms. The van der Waals surface area contributed by atoms with Crippen LogP contribution in [0.5, 0.6) is 5.75 Å². The molecule has 0 N–H and O–H groups in total. The maximum Gasteiger partial charge on any atom is 0.232 e. The molecule has 1 amide bonds. The van der Waals surface area contributed by atoms with E-state index in [-0.39, 0.29) is 11.8 Å². The second-order valence-electron chi connectivity index (χ2n) is 6.99. The summed E-state index contributed by atoms with van der Waals surface area (Å²) in [6.07, 6.45) is 0. The van der Waals surface area contributed by atoms with Gasteiger partial charge in [0.05, 0.1) is 18.6 Å². The molecule has 2 aromatic carbocycles. The molecule has 0 fully saturated rings. The number of hydrogen-bond donors (Lipinski definition) is 0. The Bertz CT molecular complexity index is 955. The lowest BCUT2D eigenvalue weighted by Crippen LogP contribution is -2.27. The lowest BCUT2D eigenvalue weighted by molar-refractivity contribution is -0.127. The summed E-state index contributed by atoms with van der Waals surface area (Å²) in [6, 6.07) is 12.2. The van der Waals surface area contributed by atoms with Crippen LogP contribution in [0.25, 0.3) is 10.8 Å². The minimum Gasteiger partial charge on any atom is -0.497 e. The lowest BCUT2D eigenvalue weighted by atomic mass is 10.1. The SMILES string of the molecule is COc1ccc2cc(CN(C)C(=O)CSCc3noc(C(C)C)n3)ccc2c1. The molecule has 28 heavy (non-hydrogen) atoms. The third-order valence-corrected chi connectivity index (χ3v) is 5.31. The van der Waals surface area contributed by atoms with Gasteiger partial charge in [0.2, 0.25) is 11.8 Å². The van der Waals surface area contributed by atoms with E-state index >= 15 is 0 Å². The second-order valence-corrected chi connectivity index (χ2v) is 7.98. The molecule has 0 aliphatic rings. The summed E-state index contributed by atoms with van der Waals surface area (Å²) in [4.78, 5) is 18.5. The Kier molecular flexibility index (Phi) is 6.57. The first-order valence-corrected chi connectivity index (χ1v) is 10.3. The van der Waals surface area contributed by atoms with Gasteiger partial charge >= 0.3 is 0 Å². The molecule has 6 nitrogen and oxygen atoms in total. The highest BCUT2D eigenvalue weighted by atomic mass is 32.2. The number of fused-ring (bicyclic) bond motifs is 1. The smallest absolute Gasteiger partial charge is 0.232 e. The summed E-state index contributed by atoms with van der Waals surface area (Å²) in [6.45, 7) is 4.58. The number of ether oxygens (including phenoxy) is 1. The van der Waals surface area contributed by atoms with Crippen LogP contribution in [-0.2, 0) is 17.1 Å². The average molecular weight is 400 g/mol. The van der Waals surface area contributed by atoms with E-state index in [9.17, 15) is 4.79 Å². The first-order valence-electron chi connectivity index (χ1n) is 9.17. The predicted octanol–water partition coefficient (Wildman–Crippen LogP) is 4.25. The van der Waals surface area contributed by atoms with E-state index in [1.165, 1.54) is 11.8 Å². The standard InChI is InChI=1S/C21H25N3O3S/c1-14(2)21-22-19(23-27-21)12-28-13-20(25)24(3)11-15-5-6-17-10-18(26-4)8-7-16(17)9-15/h5-10,14H,11-13H2,1-4H3. The Balaban J connectivity index is 1.52. The van der Waals surface area contributed by atoms with Crippen LogP contribution in [0, 0.1) is 0 Å². The van der Waals surface area contributed by atoms with Crippen molar-refractivity contribution in [2.24, 2.45) is 0 Å². The zero-order valence-corrected chi connectivity index (χ0v) is 17.5. The van der Waals surface area contributed by atoms with E-state index < -0.39 is 0 Å². The monoisotopic (exact) mass is 399 g/mol. The maximum absolute atomic E-state index is 12.4. The molecule has 0 unspecified atom stereocenters. The molecular weight excluding hydrogens is 374 g/mol. The number of thioether (sulfide) groups is 1. The van der Waals surface area contributed by atoms with Crippen molar-refractivity contribution in [2.45, 2.75) is 32.1 Å². The molecule has 0 saturated carbocycles. The van der Waals surface area contributed by atoms with Crippen LogP contribution >= 0.6 is 11.8 Å². The second kappa shape index (κ2) is 9.10. The highest BCUT2D eigenvalue weighted by Gasteiger charge is 2.13. The molecule has 3 aromatic rings. The van der Waals surface area contributed by atoms with E-state index in [2.05, 4.69) is 22.3 Å². The van der Waals surface area contributed by atoms with E-state index in [1.54, 1.807) is 12.0 Å². The van der Waals surface area contributed by atoms with Gasteiger partial charge in [-0.3, -0.25) is 4.79 Å². The minimum absolute atomic E-state index is 0.0763. The van der Waals surface area contributed by atoms with Gasteiger partial charge in [-0.15, -0.1) is 11.8 Å². The van der Waals surface area contributed by atoms with Gasteiger partial charge in [0, 0.05) is 19.5 Å². The highest BCUT2D eigenvalue weighted by Crippen LogP contribution is 2.22. The zero-order chi connectivity index (χ0) is 20.1. The fraction of sp³-hybridized carbons (Fsp3) is 0.381. The number of amides is 1. The van der Waals surface area contributed by atoms with Crippen molar-refractivity contribution in [2.75, 3.05) is 19.9 Å². The van der Waals surface area contributed by atoms with Crippen molar-refractivity contribution in [1.29, 1.82) is 0 Å². The molecule has 1 heterocycles.